The zero-order valence-corrected chi connectivity index (χ0v) is 19.6. The summed E-state index contributed by atoms with van der Waals surface area (Å²) in [6.45, 7) is 3.67. The van der Waals surface area contributed by atoms with E-state index in [1.54, 1.807) is 31.4 Å². The first-order valence-electron chi connectivity index (χ1n) is 10.6. The van der Waals surface area contributed by atoms with Gasteiger partial charge in [0.15, 0.2) is 17.7 Å². The SMILES string of the molecule is CCC(CC#N)OC(=O)N[C@@H](C)c1cccc(NC(=Nc2ccc(OC)c(OC)c2)NC#N)c1. The number of guanidine groups is 1. The highest BCUT2D eigenvalue weighted by molar-refractivity contribution is 5.96. The summed E-state index contributed by atoms with van der Waals surface area (Å²) in [6.07, 6.45) is 1.53. The molecule has 0 heterocycles. The minimum atomic E-state index is -0.588. The zero-order valence-electron chi connectivity index (χ0n) is 19.6. The van der Waals surface area contributed by atoms with Gasteiger partial charge >= 0.3 is 6.09 Å². The summed E-state index contributed by atoms with van der Waals surface area (Å²) < 4.78 is 15.8. The second-order valence-electron chi connectivity index (χ2n) is 7.15. The highest BCUT2D eigenvalue weighted by Crippen LogP contribution is 2.31. The lowest BCUT2D eigenvalue weighted by molar-refractivity contribution is 0.0950. The number of nitrogens with zero attached hydrogens (tertiary/aromatic N) is 3. The maximum Gasteiger partial charge on any atom is 0.407 e. The fourth-order valence-corrected chi connectivity index (χ4v) is 3.00. The predicted octanol–water partition coefficient (Wildman–Crippen LogP) is 4.35. The van der Waals surface area contributed by atoms with Gasteiger partial charge in [0.1, 0.15) is 6.10 Å². The minimum Gasteiger partial charge on any atom is -0.493 e. The van der Waals surface area contributed by atoms with E-state index in [1.165, 1.54) is 7.11 Å². The van der Waals surface area contributed by atoms with Gasteiger partial charge in [0, 0.05) is 11.8 Å². The molecule has 2 atom stereocenters. The Bertz CT molecular complexity index is 1090. The summed E-state index contributed by atoms with van der Waals surface area (Å²) in [6, 6.07) is 14.1. The molecule has 0 spiro atoms. The number of alkyl carbamates (subject to hydrolysis) is 1. The summed E-state index contributed by atoms with van der Waals surface area (Å²) >= 11 is 0. The third-order valence-electron chi connectivity index (χ3n) is 4.81. The van der Waals surface area contributed by atoms with Crippen molar-refractivity contribution in [2.75, 3.05) is 19.5 Å². The summed E-state index contributed by atoms with van der Waals surface area (Å²) in [7, 11) is 3.07. The number of carbonyl (C=O) groups is 1. The number of anilines is 1. The molecule has 0 saturated heterocycles. The normalized spacial score (nSPS) is 12.4. The fraction of sp³-hybridized carbons (Fsp3) is 0.333. The third-order valence-corrected chi connectivity index (χ3v) is 4.81. The number of nitriles is 2. The van der Waals surface area contributed by atoms with Gasteiger partial charge in [0.05, 0.1) is 38.4 Å². The summed E-state index contributed by atoms with van der Waals surface area (Å²) in [4.78, 5) is 16.6. The van der Waals surface area contributed by atoms with Crippen LogP contribution in [0.2, 0.25) is 0 Å². The average Bonchev–Trinajstić information content (AvgIpc) is 2.83. The molecule has 0 radical (unpaired) electrons. The molecular weight excluding hydrogens is 436 g/mol. The first-order valence-corrected chi connectivity index (χ1v) is 10.6. The topological polar surface area (TPSA) is 141 Å². The number of hydrogen-bond donors (Lipinski definition) is 3. The first-order chi connectivity index (χ1) is 16.4. The molecule has 0 fully saturated rings. The van der Waals surface area contributed by atoms with Gasteiger partial charge in [-0.3, -0.25) is 5.32 Å². The van der Waals surface area contributed by atoms with Crippen LogP contribution in [-0.4, -0.2) is 32.4 Å². The summed E-state index contributed by atoms with van der Waals surface area (Å²) in [5.41, 5.74) is 2.00. The van der Waals surface area contributed by atoms with Crippen molar-refractivity contribution >= 4 is 23.4 Å². The van der Waals surface area contributed by atoms with Crippen LogP contribution in [0.1, 0.15) is 38.3 Å². The number of hydrogen-bond acceptors (Lipinski definition) is 7. The number of rotatable bonds is 9. The Kier molecular flexibility index (Phi) is 10.0. The molecule has 0 aromatic heterocycles. The van der Waals surface area contributed by atoms with Gasteiger partial charge < -0.3 is 24.8 Å². The van der Waals surface area contributed by atoms with Gasteiger partial charge in [0.25, 0.3) is 0 Å². The first kappa shape index (κ1) is 25.8. The fourth-order valence-electron chi connectivity index (χ4n) is 3.00. The van der Waals surface area contributed by atoms with E-state index in [0.29, 0.717) is 29.3 Å². The summed E-state index contributed by atoms with van der Waals surface area (Å²) in [5.74, 6) is 1.28. The molecule has 0 aliphatic heterocycles. The predicted molar refractivity (Wildman–Crippen MR) is 128 cm³/mol. The maximum absolute atomic E-state index is 12.2. The van der Waals surface area contributed by atoms with Crippen LogP contribution in [0.4, 0.5) is 16.2 Å². The molecule has 2 rings (SSSR count). The van der Waals surface area contributed by atoms with E-state index in [9.17, 15) is 4.79 Å². The molecule has 0 bridgehead atoms. The number of benzene rings is 2. The van der Waals surface area contributed by atoms with Crippen LogP contribution in [0.3, 0.4) is 0 Å². The Morgan fingerprint density at radius 1 is 1.12 bits per heavy atom. The number of nitrogens with one attached hydrogen (secondary N) is 3. The number of amides is 1. The van der Waals surface area contributed by atoms with E-state index in [0.717, 1.165) is 5.56 Å². The van der Waals surface area contributed by atoms with E-state index in [2.05, 4.69) is 20.9 Å². The minimum absolute atomic E-state index is 0.145. The Hall–Kier alpha value is -4.44. The van der Waals surface area contributed by atoms with Crippen LogP contribution in [0.15, 0.2) is 47.5 Å². The lowest BCUT2D eigenvalue weighted by Gasteiger charge is -2.18. The number of aliphatic imine (C=N–C) groups is 1. The van der Waals surface area contributed by atoms with E-state index >= 15 is 0 Å². The molecule has 1 amide bonds. The molecule has 1 unspecified atom stereocenters. The molecule has 3 N–H and O–H groups in total. The smallest absolute Gasteiger partial charge is 0.407 e. The molecule has 0 saturated carbocycles. The van der Waals surface area contributed by atoms with Gasteiger partial charge in [-0.2, -0.15) is 10.5 Å². The number of methoxy groups -OCH3 is 2. The van der Waals surface area contributed by atoms with Crippen LogP contribution < -0.4 is 25.4 Å². The maximum atomic E-state index is 12.2. The lowest BCUT2D eigenvalue weighted by atomic mass is 10.1. The van der Waals surface area contributed by atoms with Crippen molar-refractivity contribution in [1.82, 2.24) is 10.6 Å². The van der Waals surface area contributed by atoms with Crippen molar-refractivity contribution in [3.63, 3.8) is 0 Å². The molecule has 178 valence electrons. The van der Waals surface area contributed by atoms with Crippen molar-refractivity contribution in [3.05, 3.63) is 48.0 Å². The Morgan fingerprint density at radius 2 is 1.88 bits per heavy atom. The van der Waals surface area contributed by atoms with Crippen molar-refractivity contribution in [2.24, 2.45) is 4.99 Å². The van der Waals surface area contributed by atoms with Gasteiger partial charge in [-0.1, -0.05) is 19.1 Å². The zero-order chi connectivity index (χ0) is 24.9. The molecule has 0 aliphatic carbocycles. The molecular formula is C24H28N6O4. The van der Waals surface area contributed by atoms with Crippen LogP contribution in [-0.2, 0) is 4.74 Å². The molecule has 2 aromatic carbocycles. The largest absolute Gasteiger partial charge is 0.493 e. The van der Waals surface area contributed by atoms with Crippen LogP contribution in [0, 0.1) is 22.8 Å². The van der Waals surface area contributed by atoms with E-state index in [-0.39, 0.29) is 18.4 Å². The average molecular weight is 465 g/mol. The monoisotopic (exact) mass is 464 g/mol. The Morgan fingerprint density at radius 3 is 2.53 bits per heavy atom. The van der Waals surface area contributed by atoms with Crippen molar-refractivity contribution in [2.45, 2.75) is 38.8 Å². The van der Waals surface area contributed by atoms with Crippen molar-refractivity contribution < 1.29 is 19.0 Å². The van der Waals surface area contributed by atoms with Crippen LogP contribution in [0.25, 0.3) is 0 Å². The van der Waals surface area contributed by atoms with E-state index < -0.39 is 12.2 Å². The van der Waals surface area contributed by atoms with Crippen molar-refractivity contribution in [3.8, 4) is 23.8 Å². The number of ether oxygens (including phenoxy) is 3. The Balaban J connectivity index is 2.15. The highest BCUT2D eigenvalue weighted by atomic mass is 16.6. The van der Waals surface area contributed by atoms with E-state index in [4.69, 9.17) is 24.7 Å². The van der Waals surface area contributed by atoms with Gasteiger partial charge in [-0.25, -0.2) is 9.79 Å². The van der Waals surface area contributed by atoms with Crippen LogP contribution in [0.5, 0.6) is 11.5 Å². The summed E-state index contributed by atoms with van der Waals surface area (Å²) in [5, 5.41) is 26.3. The Labute approximate surface area is 199 Å². The molecule has 2 aromatic rings. The number of carbonyl (C=O) groups excluding carboxylic acids is 1. The quantitative estimate of drug-likeness (QED) is 0.215. The van der Waals surface area contributed by atoms with Gasteiger partial charge in [-0.15, -0.1) is 0 Å². The van der Waals surface area contributed by atoms with E-state index in [1.807, 2.05) is 44.3 Å². The second-order valence-corrected chi connectivity index (χ2v) is 7.15. The standard InChI is InChI=1S/C24H28N6O4/c1-5-20(11-12-25)34-24(31)28-16(2)17-7-6-8-18(13-17)29-23(27-15-26)30-19-9-10-21(32-3)22(14-19)33-4/h6-10,13-14,16,20H,5,11H2,1-4H3,(H,28,31)(H2,27,29,30)/t16-,20?/m0/s1. The second kappa shape index (κ2) is 13.2. The third kappa shape index (κ3) is 7.61. The molecule has 34 heavy (non-hydrogen) atoms. The molecule has 10 nitrogen and oxygen atoms in total. The van der Waals surface area contributed by atoms with Crippen molar-refractivity contribution in [1.29, 1.82) is 10.5 Å². The van der Waals surface area contributed by atoms with Crippen LogP contribution >= 0.6 is 0 Å². The molecule has 10 heteroatoms. The lowest BCUT2D eigenvalue weighted by Crippen LogP contribution is -2.31. The highest BCUT2D eigenvalue weighted by Gasteiger charge is 2.16. The van der Waals surface area contributed by atoms with Gasteiger partial charge in [0.2, 0.25) is 5.96 Å². The van der Waals surface area contributed by atoms with Gasteiger partial charge in [-0.05, 0) is 43.2 Å². The molecule has 0 aliphatic rings.